The van der Waals surface area contributed by atoms with E-state index in [1.807, 2.05) is 30.3 Å². The zero-order valence-corrected chi connectivity index (χ0v) is 11.3. The van der Waals surface area contributed by atoms with Gasteiger partial charge in [0.25, 0.3) is 0 Å². The van der Waals surface area contributed by atoms with E-state index in [1.165, 1.54) is 5.56 Å². The van der Waals surface area contributed by atoms with Crippen LogP contribution in [-0.4, -0.2) is 23.5 Å². The summed E-state index contributed by atoms with van der Waals surface area (Å²) in [5, 5.41) is 11.4. The lowest BCUT2D eigenvalue weighted by Crippen LogP contribution is -2.27. The van der Waals surface area contributed by atoms with Crippen LogP contribution >= 0.6 is 0 Å². The number of carbonyl (C=O) groups excluding carboxylic acids is 1. The number of aliphatic carboxylic acids is 1. The first-order valence-electron chi connectivity index (χ1n) is 6.63. The van der Waals surface area contributed by atoms with Crippen LogP contribution in [0.2, 0.25) is 0 Å². The van der Waals surface area contributed by atoms with Crippen molar-refractivity contribution in [2.24, 2.45) is 0 Å². The Morgan fingerprint density at radius 2 is 1.79 bits per heavy atom. The lowest BCUT2D eigenvalue weighted by atomic mass is 10.0. The predicted molar refractivity (Wildman–Crippen MR) is 74.0 cm³/mol. The summed E-state index contributed by atoms with van der Waals surface area (Å²) in [5.41, 5.74) is 1.20. The number of benzene rings is 1. The number of hydrogen-bond acceptors (Lipinski definition) is 2. The first-order chi connectivity index (χ1) is 9.09. The van der Waals surface area contributed by atoms with Gasteiger partial charge in [-0.2, -0.15) is 0 Å². The third-order valence-corrected chi connectivity index (χ3v) is 3.02. The van der Waals surface area contributed by atoms with Crippen LogP contribution in [0.15, 0.2) is 30.3 Å². The lowest BCUT2D eigenvalue weighted by molar-refractivity contribution is -0.137. The summed E-state index contributed by atoms with van der Waals surface area (Å²) in [4.78, 5) is 21.9. The highest BCUT2D eigenvalue weighted by atomic mass is 16.4. The second-order valence-electron chi connectivity index (χ2n) is 4.72. The Morgan fingerprint density at radius 1 is 1.16 bits per heavy atom. The molecule has 1 atom stereocenters. The fraction of sp³-hybridized carbons (Fsp3) is 0.467. The van der Waals surface area contributed by atoms with Crippen molar-refractivity contribution in [2.45, 2.75) is 38.5 Å². The highest BCUT2D eigenvalue weighted by Crippen LogP contribution is 2.13. The number of unbranched alkanes of at least 4 members (excludes halogenated alkanes) is 1. The first-order valence-corrected chi connectivity index (χ1v) is 6.63. The molecule has 104 valence electrons. The molecule has 4 heteroatoms. The molecule has 0 saturated carbocycles. The van der Waals surface area contributed by atoms with E-state index in [1.54, 1.807) is 0 Å². The van der Waals surface area contributed by atoms with Gasteiger partial charge < -0.3 is 10.4 Å². The van der Waals surface area contributed by atoms with Crippen molar-refractivity contribution in [3.63, 3.8) is 0 Å². The minimum Gasteiger partial charge on any atom is -0.481 e. The summed E-state index contributed by atoms with van der Waals surface area (Å²) in [7, 11) is 0. The summed E-state index contributed by atoms with van der Waals surface area (Å²) in [5.74, 6) is -0.532. The number of amides is 1. The Labute approximate surface area is 113 Å². The van der Waals surface area contributed by atoms with Gasteiger partial charge in [-0.05, 0) is 24.3 Å². The number of rotatable bonds is 8. The number of hydrogen-bond donors (Lipinski definition) is 2. The molecule has 1 rings (SSSR count). The zero-order chi connectivity index (χ0) is 14.1. The van der Waals surface area contributed by atoms with Gasteiger partial charge in [0, 0.05) is 19.4 Å². The monoisotopic (exact) mass is 263 g/mol. The number of carbonyl (C=O) groups is 2. The largest absolute Gasteiger partial charge is 0.481 e. The second-order valence-corrected chi connectivity index (χ2v) is 4.72. The van der Waals surface area contributed by atoms with E-state index < -0.39 is 5.97 Å². The maximum absolute atomic E-state index is 11.6. The predicted octanol–water partition coefficient (Wildman–Crippen LogP) is 2.55. The summed E-state index contributed by atoms with van der Waals surface area (Å²) < 4.78 is 0. The van der Waals surface area contributed by atoms with Crippen molar-refractivity contribution in [2.75, 3.05) is 6.54 Å². The van der Waals surface area contributed by atoms with E-state index in [9.17, 15) is 9.59 Å². The van der Waals surface area contributed by atoms with Gasteiger partial charge in [-0.1, -0.05) is 37.3 Å². The Morgan fingerprint density at radius 3 is 2.42 bits per heavy atom. The van der Waals surface area contributed by atoms with Crippen molar-refractivity contribution >= 4 is 11.9 Å². The fourth-order valence-corrected chi connectivity index (χ4v) is 1.82. The van der Waals surface area contributed by atoms with Crippen LogP contribution in [0, 0.1) is 0 Å². The molecule has 1 aromatic rings. The average molecular weight is 263 g/mol. The molecule has 1 aromatic carbocycles. The Kier molecular flexibility index (Phi) is 6.64. The van der Waals surface area contributed by atoms with Gasteiger partial charge in [0.05, 0.1) is 0 Å². The van der Waals surface area contributed by atoms with E-state index in [0.29, 0.717) is 25.8 Å². The van der Waals surface area contributed by atoms with Crippen LogP contribution in [0.3, 0.4) is 0 Å². The van der Waals surface area contributed by atoms with Gasteiger partial charge in [-0.3, -0.25) is 9.59 Å². The minimum absolute atomic E-state index is 0.00632. The molecule has 0 radical (unpaired) electrons. The van der Waals surface area contributed by atoms with Crippen LogP contribution < -0.4 is 5.32 Å². The van der Waals surface area contributed by atoms with Gasteiger partial charge in [-0.15, -0.1) is 0 Å². The standard InChI is InChI=1S/C15H21NO3/c1-12(13-7-3-2-4-8-13)11-16-14(17)9-5-6-10-15(18)19/h2-4,7-8,12H,5-6,9-11H2,1H3,(H,16,17)(H,18,19). The fourth-order valence-electron chi connectivity index (χ4n) is 1.82. The molecule has 1 amide bonds. The normalized spacial score (nSPS) is 11.8. The van der Waals surface area contributed by atoms with E-state index in [-0.39, 0.29) is 18.2 Å². The molecule has 1 unspecified atom stereocenters. The van der Waals surface area contributed by atoms with Gasteiger partial charge in [-0.25, -0.2) is 0 Å². The van der Waals surface area contributed by atoms with Gasteiger partial charge in [0.2, 0.25) is 5.91 Å². The molecule has 19 heavy (non-hydrogen) atoms. The summed E-state index contributed by atoms with van der Waals surface area (Å²) in [6.45, 7) is 2.68. The van der Waals surface area contributed by atoms with Crippen LogP contribution in [0.1, 0.15) is 44.1 Å². The number of nitrogens with one attached hydrogen (secondary N) is 1. The van der Waals surface area contributed by atoms with Crippen molar-refractivity contribution in [1.82, 2.24) is 5.32 Å². The van der Waals surface area contributed by atoms with Crippen molar-refractivity contribution in [3.8, 4) is 0 Å². The summed E-state index contributed by atoms with van der Waals surface area (Å²) in [6.07, 6.45) is 1.71. The molecular formula is C15H21NO3. The van der Waals surface area contributed by atoms with Gasteiger partial charge >= 0.3 is 5.97 Å². The average Bonchev–Trinajstić information content (AvgIpc) is 2.41. The topological polar surface area (TPSA) is 66.4 Å². The molecule has 0 fully saturated rings. The third-order valence-electron chi connectivity index (χ3n) is 3.02. The highest BCUT2D eigenvalue weighted by molar-refractivity contribution is 5.76. The second kappa shape index (κ2) is 8.29. The van der Waals surface area contributed by atoms with Crippen molar-refractivity contribution < 1.29 is 14.7 Å². The van der Waals surface area contributed by atoms with Gasteiger partial charge in [0.15, 0.2) is 0 Å². The molecule has 0 bridgehead atoms. The van der Waals surface area contributed by atoms with E-state index in [4.69, 9.17) is 5.11 Å². The van der Waals surface area contributed by atoms with E-state index >= 15 is 0 Å². The van der Waals surface area contributed by atoms with Gasteiger partial charge in [0.1, 0.15) is 0 Å². The first kappa shape index (κ1) is 15.2. The van der Waals surface area contributed by atoms with Crippen LogP contribution in [0.25, 0.3) is 0 Å². The Hall–Kier alpha value is -1.84. The lowest BCUT2D eigenvalue weighted by Gasteiger charge is -2.12. The molecule has 2 N–H and O–H groups in total. The molecule has 0 aromatic heterocycles. The van der Waals surface area contributed by atoms with Crippen LogP contribution in [0.4, 0.5) is 0 Å². The molecule has 0 spiro atoms. The molecule has 0 saturated heterocycles. The zero-order valence-electron chi connectivity index (χ0n) is 11.3. The van der Waals surface area contributed by atoms with E-state index in [2.05, 4.69) is 12.2 Å². The number of carboxylic acids is 1. The molecule has 0 aliphatic heterocycles. The van der Waals surface area contributed by atoms with E-state index in [0.717, 1.165) is 0 Å². The SMILES string of the molecule is CC(CNC(=O)CCCCC(=O)O)c1ccccc1. The molecule has 0 heterocycles. The smallest absolute Gasteiger partial charge is 0.303 e. The van der Waals surface area contributed by atoms with Crippen molar-refractivity contribution in [3.05, 3.63) is 35.9 Å². The molecule has 0 aliphatic carbocycles. The minimum atomic E-state index is -0.807. The third kappa shape index (κ3) is 6.60. The molecule has 4 nitrogen and oxygen atoms in total. The molecular weight excluding hydrogens is 242 g/mol. The highest BCUT2D eigenvalue weighted by Gasteiger charge is 2.07. The summed E-state index contributed by atoms with van der Waals surface area (Å²) in [6, 6.07) is 10.0. The van der Waals surface area contributed by atoms with Crippen LogP contribution in [-0.2, 0) is 9.59 Å². The maximum atomic E-state index is 11.6. The van der Waals surface area contributed by atoms with Crippen molar-refractivity contribution in [1.29, 1.82) is 0 Å². The Balaban J connectivity index is 2.18. The molecule has 0 aliphatic rings. The van der Waals surface area contributed by atoms with Crippen LogP contribution in [0.5, 0.6) is 0 Å². The summed E-state index contributed by atoms with van der Waals surface area (Å²) >= 11 is 0. The quantitative estimate of drug-likeness (QED) is 0.708. The Bertz CT molecular complexity index is 403. The maximum Gasteiger partial charge on any atom is 0.303 e. The number of carboxylic acid groups (broad SMARTS) is 1.